The molecule has 1 saturated heterocycles. The fraction of sp³-hybridized carbons (Fsp3) is 0.350. The van der Waals surface area contributed by atoms with E-state index in [1.165, 1.54) is 13.0 Å². The Morgan fingerprint density at radius 3 is 2.24 bits per heavy atom. The Morgan fingerprint density at radius 1 is 1.03 bits per heavy atom. The second kappa shape index (κ2) is 9.31. The maximum Gasteiger partial charge on any atom is 0.417 e. The Hall–Kier alpha value is -2.64. The van der Waals surface area contributed by atoms with Crippen LogP contribution in [-0.2, 0) is 21.0 Å². The van der Waals surface area contributed by atoms with Gasteiger partial charge >= 0.3 is 6.18 Å². The third kappa shape index (κ3) is 5.14. The highest BCUT2D eigenvalue weighted by Crippen LogP contribution is 2.35. The molecule has 0 aromatic heterocycles. The molecule has 1 amide bonds. The molecule has 2 N–H and O–H groups in total. The van der Waals surface area contributed by atoms with Gasteiger partial charge in [0.2, 0.25) is 10.0 Å². The smallest absolute Gasteiger partial charge is 0.323 e. The Kier molecular flexibility index (Phi) is 7.05. The molecule has 0 radical (unpaired) electrons. The molecule has 180 valence electrons. The SMILES string of the molecule is C[C@@H](C(=O)Nc1ccc(F)c(F)c1F)[NH+]1CCN(S(=O)(=O)c2ccccc2C(F)(F)F)CC1. The van der Waals surface area contributed by atoms with Gasteiger partial charge in [0.05, 0.1) is 42.3 Å². The molecule has 1 fully saturated rings. The minimum Gasteiger partial charge on any atom is -0.323 e. The van der Waals surface area contributed by atoms with E-state index < -0.39 is 61.7 Å². The molecule has 33 heavy (non-hydrogen) atoms. The van der Waals surface area contributed by atoms with Crippen molar-refractivity contribution in [1.82, 2.24) is 4.31 Å². The van der Waals surface area contributed by atoms with Gasteiger partial charge in [-0.1, -0.05) is 12.1 Å². The van der Waals surface area contributed by atoms with Gasteiger partial charge in [0, 0.05) is 0 Å². The van der Waals surface area contributed by atoms with Gasteiger partial charge in [-0.2, -0.15) is 17.5 Å². The Morgan fingerprint density at radius 2 is 1.64 bits per heavy atom. The fourth-order valence-electron chi connectivity index (χ4n) is 3.56. The number of nitrogens with one attached hydrogen (secondary N) is 2. The summed E-state index contributed by atoms with van der Waals surface area (Å²) in [5, 5.41) is 2.17. The van der Waals surface area contributed by atoms with Crippen LogP contribution in [0.1, 0.15) is 12.5 Å². The third-order valence-corrected chi connectivity index (χ3v) is 7.43. The number of sulfonamides is 1. The van der Waals surface area contributed by atoms with E-state index in [9.17, 15) is 39.6 Å². The lowest BCUT2D eigenvalue weighted by Crippen LogP contribution is -3.19. The number of benzene rings is 2. The number of piperazine rings is 1. The van der Waals surface area contributed by atoms with Crippen LogP contribution in [0.4, 0.5) is 32.0 Å². The molecule has 6 nitrogen and oxygen atoms in total. The zero-order valence-electron chi connectivity index (χ0n) is 17.2. The van der Waals surface area contributed by atoms with Crippen molar-refractivity contribution in [1.29, 1.82) is 0 Å². The zero-order valence-corrected chi connectivity index (χ0v) is 18.0. The van der Waals surface area contributed by atoms with Gasteiger partial charge in [0.25, 0.3) is 5.91 Å². The number of nitrogens with zero attached hydrogens (tertiary/aromatic N) is 1. The molecular formula is C20H20F6N3O3S+. The van der Waals surface area contributed by atoms with E-state index in [0.29, 0.717) is 17.0 Å². The second-order valence-electron chi connectivity index (χ2n) is 7.49. The van der Waals surface area contributed by atoms with Gasteiger partial charge in [-0.15, -0.1) is 0 Å². The van der Waals surface area contributed by atoms with E-state index in [-0.39, 0.29) is 26.2 Å². The maximum absolute atomic E-state index is 13.8. The first-order valence-corrected chi connectivity index (χ1v) is 11.2. The summed E-state index contributed by atoms with van der Waals surface area (Å²) in [6.45, 7) is 1.35. The highest BCUT2D eigenvalue weighted by Gasteiger charge is 2.41. The average molecular weight is 496 g/mol. The number of halogens is 6. The predicted molar refractivity (Wildman–Crippen MR) is 105 cm³/mol. The van der Waals surface area contributed by atoms with Crippen molar-refractivity contribution in [3.8, 4) is 0 Å². The van der Waals surface area contributed by atoms with Gasteiger partial charge in [0.15, 0.2) is 23.5 Å². The number of alkyl halides is 3. The molecule has 2 aromatic rings. The summed E-state index contributed by atoms with van der Waals surface area (Å²) in [4.78, 5) is 12.2. The van der Waals surface area contributed by atoms with Crippen molar-refractivity contribution in [3.05, 3.63) is 59.4 Å². The Labute approximate surface area is 185 Å². The molecule has 1 atom stereocenters. The minimum absolute atomic E-state index is 0.0856. The monoisotopic (exact) mass is 496 g/mol. The van der Waals surface area contributed by atoms with Crippen molar-refractivity contribution in [3.63, 3.8) is 0 Å². The number of rotatable bonds is 5. The van der Waals surface area contributed by atoms with Gasteiger partial charge in [0.1, 0.15) is 0 Å². The first kappa shape index (κ1) is 25.0. The van der Waals surface area contributed by atoms with Crippen LogP contribution in [0.2, 0.25) is 0 Å². The molecule has 1 heterocycles. The third-order valence-electron chi connectivity index (χ3n) is 5.47. The quantitative estimate of drug-likeness (QED) is 0.492. The summed E-state index contributed by atoms with van der Waals surface area (Å²) in [5.41, 5.74) is -1.81. The van der Waals surface area contributed by atoms with Crippen LogP contribution in [0.15, 0.2) is 41.3 Å². The number of carbonyl (C=O) groups excluding carboxylic acids is 1. The van der Waals surface area contributed by atoms with Gasteiger partial charge < -0.3 is 10.2 Å². The summed E-state index contributed by atoms with van der Waals surface area (Å²) in [7, 11) is -4.44. The van der Waals surface area contributed by atoms with Gasteiger partial charge in [-0.25, -0.2) is 21.6 Å². The van der Waals surface area contributed by atoms with Crippen LogP contribution >= 0.6 is 0 Å². The van der Waals surface area contributed by atoms with Crippen molar-refractivity contribution in [2.24, 2.45) is 0 Å². The standard InChI is InChI=1S/C20H19F6N3O3S/c1-12(19(30)27-15-7-6-14(21)17(22)18(15)23)28-8-10-29(11-9-28)33(31,32)16-5-3-2-4-13(16)20(24,25)26/h2-7,12H,8-11H2,1H3,(H,27,30)/p+1/t12-/m0/s1. The summed E-state index contributed by atoms with van der Waals surface area (Å²) < 4.78 is 107. The average Bonchev–Trinajstić information content (AvgIpc) is 2.78. The first-order valence-electron chi connectivity index (χ1n) is 9.79. The van der Waals surface area contributed by atoms with Gasteiger partial charge in [-0.05, 0) is 31.2 Å². The maximum atomic E-state index is 13.8. The number of hydrogen-bond acceptors (Lipinski definition) is 3. The lowest BCUT2D eigenvalue weighted by atomic mass is 10.2. The van der Waals surface area contributed by atoms with Crippen LogP contribution < -0.4 is 10.2 Å². The highest BCUT2D eigenvalue weighted by atomic mass is 32.2. The predicted octanol–water partition coefficient (Wildman–Crippen LogP) is 2.04. The second-order valence-corrected chi connectivity index (χ2v) is 9.40. The zero-order chi connectivity index (χ0) is 24.6. The first-order chi connectivity index (χ1) is 15.3. The molecule has 1 aliphatic rings. The van der Waals surface area contributed by atoms with Crippen molar-refractivity contribution < 1.29 is 44.5 Å². The largest absolute Gasteiger partial charge is 0.417 e. The molecule has 0 bridgehead atoms. The lowest BCUT2D eigenvalue weighted by molar-refractivity contribution is -0.917. The number of anilines is 1. The number of carbonyl (C=O) groups is 1. The van der Waals surface area contributed by atoms with Crippen LogP contribution in [-0.4, -0.2) is 50.9 Å². The summed E-state index contributed by atoms with van der Waals surface area (Å²) in [6.07, 6.45) is -4.85. The number of hydrogen-bond donors (Lipinski definition) is 2. The molecule has 1 aliphatic heterocycles. The lowest BCUT2D eigenvalue weighted by Gasteiger charge is -2.34. The van der Waals surface area contributed by atoms with Crippen molar-refractivity contribution in [2.75, 3.05) is 31.5 Å². The number of amides is 1. The Balaban J connectivity index is 1.68. The van der Waals surface area contributed by atoms with Crippen LogP contribution in [0, 0.1) is 17.5 Å². The molecule has 0 unspecified atom stereocenters. The summed E-state index contributed by atoms with van der Waals surface area (Å²) in [6, 6.07) is 4.59. The molecule has 0 aliphatic carbocycles. The van der Waals surface area contributed by atoms with Crippen molar-refractivity contribution >= 4 is 21.6 Å². The molecule has 3 rings (SSSR count). The molecule has 2 aromatic carbocycles. The van der Waals surface area contributed by atoms with Crippen LogP contribution in [0.3, 0.4) is 0 Å². The summed E-state index contributed by atoms with van der Waals surface area (Å²) >= 11 is 0. The van der Waals surface area contributed by atoms with E-state index in [2.05, 4.69) is 5.32 Å². The topological polar surface area (TPSA) is 70.9 Å². The molecule has 13 heteroatoms. The van der Waals surface area contributed by atoms with E-state index in [1.807, 2.05) is 0 Å². The van der Waals surface area contributed by atoms with Crippen LogP contribution in [0.5, 0.6) is 0 Å². The summed E-state index contributed by atoms with van der Waals surface area (Å²) in [5.74, 6) is -5.40. The number of quaternary nitrogens is 1. The minimum atomic E-state index is -4.85. The van der Waals surface area contributed by atoms with Gasteiger partial charge in [-0.3, -0.25) is 4.79 Å². The normalized spacial score (nSPS) is 17.1. The molecular weight excluding hydrogens is 476 g/mol. The molecule has 0 saturated carbocycles. The van der Waals surface area contributed by atoms with E-state index in [0.717, 1.165) is 22.5 Å². The van der Waals surface area contributed by atoms with E-state index >= 15 is 0 Å². The molecule has 0 spiro atoms. The Bertz CT molecular complexity index is 1150. The fourth-order valence-corrected chi connectivity index (χ4v) is 5.21. The highest BCUT2D eigenvalue weighted by molar-refractivity contribution is 7.89. The van der Waals surface area contributed by atoms with Crippen molar-refractivity contribution in [2.45, 2.75) is 24.0 Å². The van der Waals surface area contributed by atoms with E-state index in [4.69, 9.17) is 0 Å². The van der Waals surface area contributed by atoms with E-state index in [1.54, 1.807) is 0 Å². The van der Waals surface area contributed by atoms with Crippen LogP contribution in [0.25, 0.3) is 0 Å².